The maximum Gasteiger partial charge on any atom is 0.335 e. The molecule has 1 fully saturated rings. The van der Waals surface area contributed by atoms with Gasteiger partial charge in [-0.05, 0) is 50.3 Å². The van der Waals surface area contributed by atoms with Gasteiger partial charge in [0.2, 0.25) is 0 Å². The predicted octanol–water partition coefficient (Wildman–Crippen LogP) is 3.73. The van der Waals surface area contributed by atoms with Gasteiger partial charge in [-0.15, -0.1) is 0 Å². The first kappa shape index (κ1) is 19.4. The summed E-state index contributed by atoms with van der Waals surface area (Å²) in [7, 11) is 0. The van der Waals surface area contributed by atoms with Crippen molar-refractivity contribution in [1.82, 2.24) is 9.88 Å². The molecule has 1 aliphatic heterocycles. The number of anilines is 1. The highest BCUT2D eigenvalue weighted by atomic mass is 16.5. The van der Waals surface area contributed by atoms with Gasteiger partial charge in [0.25, 0.3) is 11.8 Å². The minimum atomic E-state index is -0.776. The molecule has 4 amide bonds. The quantitative estimate of drug-likeness (QED) is 0.520. The monoisotopic (exact) mass is 403 g/mol. The first-order chi connectivity index (χ1) is 14.5. The zero-order valence-electron chi connectivity index (χ0n) is 16.7. The molecule has 0 unspecified atom stereocenters. The minimum absolute atomic E-state index is 0.0949. The predicted molar refractivity (Wildman–Crippen MR) is 114 cm³/mol. The summed E-state index contributed by atoms with van der Waals surface area (Å²) in [5.41, 5.74) is 2.01. The number of hydrogen-bond donors (Lipinski definition) is 1. The third-order valence-electron chi connectivity index (χ3n) is 4.97. The molecule has 0 spiro atoms. The number of nitrogens with one attached hydrogen (secondary N) is 1. The topological polar surface area (TPSA) is 80.6 Å². The van der Waals surface area contributed by atoms with Crippen LogP contribution >= 0.6 is 0 Å². The zero-order chi connectivity index (χ0) is 21.3. The number of aromatic nitrogens is 1. The van der Waals surface area contributed by atoms with Crippen LogP contribution in [-0.2, 0) is 16.1 Å². The van der Waals surface area contributed by atoms with Crippen molar-refractivity contribution in [3.63, 3.8) is 0 Å². The number of aryl methyl sites for hydroxylation is 1. The van der Waals surface area contributed by atoms with Crippen molar-refractivity contribution in [2.75, 3.05) is 11.5 Å². The Kier molecular flexibility index (Phi) is 5.10. The van der Waals surface area contributed by atoms with E-state index in [1.54, 1.807) is 30.3 Å². The Balaban J connectivity index is 1.74. The number of nitrogens with zero attached hydrogens (tertiary/aromatic N) is 2. The van der Waals surface area contributed by atoms with Gasteiger partial charge in [-0.3, -0.25) is 14.9 Å². The van der Waals surface area contributed by atoms with E-state index in [4.69, 9.17) is 4.74 Å². The Bertz CT molecular complexity index is 1170. The summed E-state index contributed by atoms with van der Waals surface area (Å²) < 4.78 is 7.45. The molecule has 1 N–H and O–H groups in total. The molecule has 0 saturated carbocycles. The van der Waals surface area contributed by atoms with E-state index in [0.717, 1.165) is 27.9 Å². The summed E-state index contributed by atoms with van der Waals surface area (Å²) in [6, 6.07) is 13.6. The van der Waals surface area contributed by atoms with Crippen molar-refractivity contribution in [2.24, 2.45) is 0 Å². The lowest BCUT2D eigenvalue weighted by Gasteiger charge is -2.26. The number of para-hydroxylation sites is 1. The van der Waals surface area contributed by atoms with Crippen molar-refractivity contribution in [3.8, 4) is 5.75 Å². The largest absolute Gasteiger partial charge is 0.494 e. The number of benzene rings is 2. The maximum atomic E-state index is 13.1. The second-order valence-electron chi connectivity index (χ2n) is 6.77. The SMILES string of the molecule is CCOc1ccc(N2C(=O)NC(=O)/C(=C/c3cn(CC)c4ccccc34)C2=O)cc1. The van der Waals surface area contributed by atoms with E-state index in [-0.39, 0.29) is 5.57 Å². The summed E-state index contributed by atoms with van der Waals surface area (Å²) >= 11 is 0. The zero-order valence-corrected chi connectivity index (χ0v) is 16.7. The van der Waals surface area contributed by atoms with E-state index in [1.165, 1.54) is 0 Å². The summed E-state index contributed by atoms with van der Waals surface area (Å²) in [6.45, 7) is 5.15. The van der Waals surface area contributed by atoms with Crippen LogP contribution in [-0.4, -0.2) is 29.0 Å². The van der Waals surface area contributed by atoms with Crippen LogP contribution in [0.2, 0.25) is 0 Å². The number of ether oxygens (including phenoxy) is 1. The van der Waals surface area contributed by atoms with Crippen LogP contribution < -0.4 is 15.0 Å². The van der Waals surface area contributed by atoms with Gasteiger partial charge in [0.15, 0.2) is 0 Å². The van der Waals surface area contributed by atoms with Gasteiger partial charge < -0.3 is 9.30 Å². The van der Waals surface area contributed by atoms with Gasteiger partial charge in [0.1, 0.15) is 11.3 Å². The first-order valence-corrected chi connectivity index (χ1v) is 9.75. The summed E-state index contributed by atoms with van der Waals surface area (Å²) in [6.07, 6.45) is 3.44. The lowest BCUT2D eigenvalue weighted by Crippen LogP contribution is -2.54. The lowest BCUT2D eigenvalue weighted by molar-refractivity contribution is -0.122. The second kappa shape index (κ2) is 7.87. The molecule has 2 heterocycles. The number of amides is 4. The highest BCUT2D eigenvalue weighted by molar-refractivity contribution is 6.39. The Morgan fingerprint density at radius 1 is 1.00 bits per heavy atom. The van der Waals surface area contributed by atoms with Gasteiger partial charge in [-0.2, -0.15) is 0 Å². The average molecular weight is 403 g/mol. The van der Waals surface area contributed by atoms with Crippen LogP contribution in [0.4, 0.5) is 10.5 Å². The van der Waals surface area contributed by atoms with Crippen LogP contribution in [0.3, 0.4) is 0 Å². The maximum absolute atomic E-state index is 13.1. The molecule has 7 heteroatoms. The molecule has 7 nitrogen and oxygen atoms in total. The molecule has 2 aromatic carbocycles. The number of carbonyl (C=O) groups is 3. The smallest absolute Gasteiger partial charge is 0.335 e. The van der Waals surface area contributed by atoms with Crippen LogP contribution in [0.5, 0.6) is 5.75 Å². The van der Waals surface area contributed by atoms with Gasteiger partial charge in [0, 0.05) is 29.2 Å². The van der Waals surface area contributed by atoms with Gasteiger partial charge in [-0.1, -0.05) is 18.2 Å². The van der Waals surface area contributed by atoms with Crippen molar-refractivity contribution < 1.29 is 19.1 Å². The molecule has 0 atom stereocenters. The highest BCUT2D eigenvalue weighted by Crippen LogP contribution is 2.27. The van der Waals surface area contributed by atoms with E-state index in [0.29, 0.717) is 18.0 Å². The summed E-state index contributed by atoms with van der Waals surface area (Å²) in [5.74, 6) is -0.743. The third-order valence-corrected chi connectivity index (χ3v) is 4.97. The van der Waals surface area contributed by atoms with Crippen LogP contribution in [0.25, 0.3) is 17.0 Å². The Labute approximate surface area is 173 Å². The molecule has 1 aliphatic rings. The lowest BCUT2D eigenvalue weighted by atomic mass is 10.1. The number of barbiturate groups is 1. The molecule has 4 rings (SSSR count). The molecule has 152 valence electrons. The second-order valence-corrected chi connectivity index (χ2v) is 6.77. The van der Waals surface area contributed by atoms with Gasteiger partial charge in [0.05, 0.1) is 12.3 Å². The molecule has 1 aromatic heterocycles. The first-order valence-electron chi connectivity index (χ1n) is 9.75. The van der Waals surface area contributed by atoms with E-state index >= 15 is 0 Å². The van der Waals surface area contributed by atoms with Gasteiger partial charge >= 0.3 is 6.03 Å². The Morgan fingerprint density at radius 2 is 1.73 bits per heavy atom. The van der Waals surface area contributed by atoms with E-state index in [1.807, 2.05) is 48.9 Å². The molecule has 0 bridgehead atoms. The number of hydrogen-bond acceptors (Lipinski definition) is 4. The Hall–Kier alpha value is -3.87. The van der Waals surface area contributed by atoms with Gasteiger partial charge in [-0.25, -0.2) is 9.69 Å². The van der Waals surface area contributed by atoms with Crippen molar-refractivity contribution in [2.45, 2.75) is 20.4 Å². The number of imide groups is 2. The summed E-state index contributed by atoms with van der Waals surface area (Å²) in [5, 5.41) is 3.19. The molecular weight excluding hydrogens is 382 g/mol. The van der Waals surface area contributed by atoms with Crippen LogP contribution in [0.15, 0.2) is 60.3 Å². The molecule has 0 radical (unpaired) electrons. The van der Waals surface area contributed by atoms with E-state index in [9.17, 15) is 14.4 Å². The van der Waals surface area contributed by atoms with Crippen molar-refractivity contribution in [1.29, 1.82) is 0 Å². The fourth-order valence-corrected chi connectivity index (χ4v) is 3.56. The summed E-state index contributed by atoms with van der Waals surface area (Å²) in [4.78, 5) is 38.9. The minimum Gasteiger partial charge on any atom is -0.494 e. The molecule has 0 aliphatic carbocycles. The highest BCUT2D eigenvalue weighted by Gasteiger charge is 2.37. The molecular formula is C23H21N3O4. The van der Waals surface area contributed by atoms with E-state index in [2.05, 4.69) is 5.32 Å². The fraction of sp³-hybridized carbons (Fsp3) is 0.174. The van der Waals surface area contributed by atoms with Crippen LogP contribution in [0.1, 0.15) is 19.4 Å². The normalized spacial score (nSPS) is 15.7. The van der Waals surface area contributed by atoms with Crippen molar-refractivity contribution >= 4 is 40.5 Å². The standard InChI is InChI=1S/C23H21N3O4/c1-3-25-14-15(18-7-5-6-8-20(18)25)13-19-21(27)24-23(29)26(22(19)28)16-9-11-17(12-10-16)30-4-2/h5-14H,3-4H2,1-2H3,(H,24,27,29)/b19-13-. The molecule has 1 saturated heterocycles. The van der Waals surface area contributed by atoms with E-state index < -0.39 is 17.8 Å². The number of fused-ring (bicyclic) bond motifs is 1. The fourth-order valence-electron chi connectivity index (χ4n) is 3.56. The number of urea groups is 1. The number of rotatable bonds is 5. The molecule has 30 heavy (non-hydrogen) atoms. The number of carbonyl (C=O) groups excluding carboxylic acids is 3. The van der Waals surface area contributed by atoms with Crippen molar-refractivity contribution in [3.05, 3.63) is 65.9 Å². The third kappa shape index (κ3) is 3.34. The average Bonchev–Trinajstić information content (AvgIpc) is 3.10. The Morgan fingerprint density at radius 3 is 2.43 bits per heavy atom. The van der Waals surface area contributed by atoms with Crippen LogP contribution in [0, 0.1) is 0 Å². The molecule has 3 aromatic rings.